The van der Waals surface area contributed by atoms with E-state index in [0.29, 0.717) is 23.5 Å². The number of carbonyl (C=O) groups is 2. The van der Waals surface area contributed by atoms with Crippen LogP contribution in [0.4, 0.5) is 0 Å². The molecule has 1 saturated heterocycles. The number of allylic oxidation sites excluding steroid dienone is 1. The molecule has 5 aliphatic rings. The highest BCUT2D eigenvalue weighted by Gasteiger charge is 2.77. The Morgan fingerprint density at radius 3 is 2.62 bits per heavy atom. The third-order valence-electron chi connectivity index (χ3n) is 9.61. The summed E-state index contributed by atoms with van der Waals surface area (Å²) < 4.78 is 18.4. The number of Topliss-reactive ketones (excluding diaryl/α,β-unsaturated/α-hetero) is 1. The van der Waals surface area contributed by atoms with Gasteiger partial charge in [-0.05, 0) is 67.9 Å². The van der Waals surface area contributed by atoms with Gasteiger partial charge >= 0.3 is 5.97 Å². The van der Waals surface area contributed by atoms with Crippen molar-refractivity contribution in [2.75, 3.05) is 6.61 Å². The molecule has 1 N–H and O–H groups in total. The molecule has 0 aromatic rings. The number of carbonyl (C=O) groups excluding carboxylic acids is 2. The number of fused-ring (bicyclic) bond motifs is 5. The van der Waals surface area contributed by atoms with Gasteiger partial charge < -0.3 is 19.3 Å². The standard InChI is InChI=1S/C28H38O6/c1-9-14(2)24(30)33-22-15(3)12-27-16(4)10-19-20(25(19,5)6)18(21(27)29)11-17-13-32-26(7,8)34-23(17)28(22,27)31/h11-12,16,18-20,22-23,31H,2,9-10,13H2,1,3-8H3. The molecular formula is C28H38O6. The van der Waals surface area contributed by atoms with E-state index in [4.69, 9.17) is 14.2 Å². The molecule has 4 aliphatic carbocycles. The zero-order chi connectivity index (χ0) is 25.0. The Kier molecular flexibility index (Phi) is 5.03. The minimum absolute atomic E-state index is 0.0103. The number of rotatable bonds is 3. The van der Waals surface area contributed by atoms with Crippen LogP contribution < -0.4 is 0 Å². The molecule has 0 aromatic heterocycles. The summed E-state index contributed by atoms with van der Waals surface area (Å²) in [7, 11) is 0. The van der Waals surface area contributed by atoms with Crippen LogP contribution in [0.1, 0.15) is 61.3 Å². The monoisotopic (exact) mass is 470 g/mol. The molecule has 8 unspecified atom stereocenters. The van der Waals surface area contributed by atoms with Crippen molar-refractivity contribution < 1.29 is 28.9 Å². The van der Waals surface area contributed by atoms with Crippen molar-refractivity contribution in [3.63, 3.8) is 0 Å². The molecule has 0 amide bonds. The second-order valence-electron chi connectivity index (χ2n) is 12.2. The predicted octanol–water partition coefficient (Wildman–Crippen LogP) is 4.13. The Balaban J connectivity index is 1.72. The third-order valence-corrected chi connectivity index (χ3v) is 9.61. The van der Waals surface area contributed by atoms with Gasteiger partial charge in [-0.1, -0.05) is 46.4 Å². The molecule has 1 spiro atoms. The van der Waals surface area contributed by atoms with Crippen molar-refractivity contribution in [2.45, 2.75) is 84.9 Å². The van der Waals surface area contributed by atoms with Crippen molar-refractivity contribution in [1.82, 2.24) is 0 Å². The van der Waals surface area contributed by atoms with Gasteiger partial charge in [0.1, 0.15) is 6.10 Å². The lowest BCUT2D eigenvalue weighted by atomic mass is 9.59. The Hall–Kier alpha value is -1.76. The zero-order valence-corrected chi connectivity index (χ0v) is 21.4. The first-order valence-corrected chi connectivity index (χ1v) is 12.6. The summed E-state index contributed by atoms with van der Waals surface area (Å²) >= 11 is 0. The molecule has 6 nitrogen and oxygen atoms in total. The maximum atomic E-state index is 14.6. The van der Waals surface area contributed by atoms with Gasteiger partial charge in [0, 0.05) is 11.5 Å². The second-order valence-corrected chi connectivity index (χ2v) is 12.2. The average molecular weight is 471 g/mol. The molecule has 2 saturated carbocycles. The van der Waals surface area contributed by atoms with E-state index in [1.807, 2.05) is 39.8 Å². The van der Waals surface area contributed by atoms with Crippen molar-refractivity contribution in [1.29, 1.82) is 0 Å². The average Bonchev–Trinajstić information content (AvgIpc) is 3.25. The summed E-state index contributed by atoms with van der Waals surface area (Å²) in [6.07, 6.45) is 3.33. The molecule has 186 valence electrons. The van der Waals surface area contributed by atoms with Crippen LogP contribution in [0.15, 0.2) is 35.5 Å². The SMILES string of the molecule is C=C(CC)C(=O)OC1C(C)=CC23C(=O)C(C=C4COC(C)(C)OC4C12O)C1C(CC3C)C1(C)C. The lowest BCUT2D eigenvalue weighted by molar-refractivity contribution is -0.303. The molecule has 5 rings (SSSR count). The molecule has 0 radical (unpaired) electrons. The van der Waals surface area contributed by atoms with Crippen LogP contribution in [0, 0.1) is 34.5 Å². The Morgan fingerprint density at radius 1 is 1.29 bits per heavy atom. The molecule has 2 bridgehead atoms. The first-order chi connectivity index (χ1) is 15.7. The highest BCUT2D eigenvalue weighted by Crippen LogP contribution is 2.72. The van der Waals surface area contributed by atoms with E-state index in [-0.39, 0.29) is 35.6 Å². The Labute approximate surface area is 202 Å². The van der Waals surface area contributed by atoms with Gasteiger partial charge in [0.25, 0.3) is 0 Å². The summed E-state index contributed by atoms with van der Waals surface area (Å²) in [4.78, 5) is 27.4. The van der Waals surface area contributed by atoms with Crippen LogP contribution in [-0.4, -0.2) is 47.1 Å². The fraction of sp³-hybridized carbons (Fsp3) is 0.714. The van der Waals surface area contributed by atoms with E-state index >= 15 is 0 Å². The first kappa shape index (κ1) is 24.0. The molecule has 6 heteroatoms. The van der Waals surface area contributed by atoms with Gasteiger partial charge in [-0.3, -0.25) is 4.79 Å². The Bertz CT molecular complexity index is 1030. The first-order valence-electron chi connectivity index (χ1n) is 12.6. The molecule has 0 aromatic carbocycles. The van der Waals surface area contributed by atoms with E-state index in [0.717, 1.165) is 12.0 Å². The minimum Gasteiger partial charge on any atom is -0.451 e. The predicted molar refractivity (Wildman–Crippen MR) is 126 cm³/mol. The second kappa shape index (κ2) is 7.14. The highest BCUT2D eigenvalue weighted by atomic mass is 16.7. The number of esters is 1. The molecule has 1 aliphatic heterocycles. The lowest BCUT2D eigenvalue weighted by Gasteiger charge is -2.52. The van der Waals surface area contributed by atoms with Crippen LogP contribution in [0.3, 0.4) is 0 Å². The molecule has 34 heavy (non-hydrogen) atoms. The quantitative estimate of drug-likeness (QED) is 0.379. The molecular weight excluding hydrogens is 432 g/mol. The van der Waals surface area contributed by atoms with Gasteiger partial charge in [0.15, 0.2) is 23.3 Å². The zero-order valence-electron chi connectivity index (χ0n) is 21.4. The van der Waals surface area contributed by atoms with E-state index in [9.17, 15) is 14.7 Å². The van der Waals surface area contributed by atoms with Crippen molar-refractivity contribution in [3.05, 3.63) is 35.5 Å². The van der Waals surface area contributed by atoms with Crippen LogP contribution in [0.5, 0.6) is 0 Å². The van der Waals surface area contributed by atoms with Crippen LogP contribution in [-0.2, 0) is 23.8 Å². The topological polar surface area (TPSA) is 82.1 Å². The van der Waals surface area contributed by atoms with Gasteiger partial charge in [-0.2, -0.15) is 0 Å². The molecule has 3 fully saturated rings. The highest BCUT2D eigenvalue weighted by molar-refractivity contribution is 5.96. The summed E-state index contributed by atoms with van der Waals surface area (Å²) in [5, 5.41) is 12.8. The number of hydrogen-bond acceptors (Lipinski definition) is 6. The summed E-state index contributed by atoms with van der Waals surface area (Å²) in [5.41, 5.74) is -1.17. The van der Waals surface area contributed by atoms with E-state index in [2.05, 4.69) is 27.4 Å². The molecule has 1 heterocycles. The lowest BCUT2D eigenvalue weighted by Crippen LogP contribution is -2.68. The van der Waals surface area contributed by atoms with E-state index in [1.54, 1.807) is 0 Å². The number of aliphatic hydroxyl groups is 1. The van der Waals surface area contributed by atoms with E-state index < -0.39 is 35.0 Å². The Morgan fingerprint density at radius 2 is 1.97 bits per heavy atom. The fourth-order valence-electron chi connectivity index (χ4n) is 7.63. The minimum atomic E-state index is -1.78. The van der Waals surface area contributed by atoms with Gasteiger partial charge in [-0.25, -0.2) is 4.79 Å². The largest absolute Gasteiger partial charge is 0.451 e. The van der Waals surface area contributed by atoms with Crippen LogP contribution in [0.25, 0.3) is 0 Å². The number of ether oxygens (including phenoxy) is 3. The summed E-state index contributed by atoms with van der Waals surface area (Å²) in [6.45, 7) is 17.9. The van der Waals surface area contributed by atoms with Crippen LogP contribution in [0.2, 0.25) is 0 Å². The smallest absolute Gasteiger partial charge is 0.334 e. The normalized spacial score (nSPS) is 45.5. The molecule has 8 atom stereocenters. The van der Waals surface area contributed by atoms with E-state index in [1.165, 1.54) is 0 Å². The van der Waals surface area contributed by atoms with Gasteiger partial charge in [-0.15, -0.1) is 0 Å². The van der Waals surface area contributed by atoms with Crippen LogP contribution >= 0.6 is 0 Å². The third kappa shape index (κ3) is 2.85. The maximum absolute atomic E-state index is 14.6. The van der Waals surface area contributed by atoms with Crippen molar-refractivity contribution in [2.24, 2.45) is 34.5 Å². The van der Waals surface area contributed by atoms with Gasteiger partial charge in [0.05, 0.1) is 12.0 Å². The summed E-state index contributed by atoms with van der Waals surface area (Å²) in [6, 6.07) is 0. The summed E-state index contributed by atoms with van der Waals surface area (Å²) in [5.74, 6) is -1.39. The fourth-order valence-corrected chi connectivity index (χ4v) is 7.63. The number of hydrogen-bond donors (Lipinski definition) is 1. The maximum Gasteiger partial charge on any atom is 0.334 e. The van der Waals surface area contributed by atoms with Crippen molar-refractivity contribution >= 4 is 11.8 Å². The van der Waals surface area contributed by atoms with Crippen molar-refractivity contribution in [3.8, 4) is 0 Å². The number of ketones is 1. The van der Waals surface area contributed by atoms with Gasteiger partial charge in [0.2, 0.25) is 0 Å².